The maximum atomic E-state index is 13.6. The summed E-state index contributed by atoms with van der Waals surface area (Å²) in [6.07, 6.45) is 8.75. The molecule has 23 heavy (non-hydrogen) atoms. The normalized spacial score (nSPS) is 43.0. The summed E-state index contributed by atoms with van der Waals surface area (Å²) in [4.78, 5) is 13.6. The molecule has 124 valence electrons. The molecule has 0 spiro atoms. The minimum Gasteiger partial charge on any atom is -0.398 e. The van der Waals surface area contributed by atoms with Gasteiger partial charge in [-0.3, -0.25) is 4.79 Å². The molecule has 1 unspecified atom stereocenters. The van der Waals surface area contributed by atoms with E-state index in [9.17, 15) is 4.79 Å². The van der Waals surface area contributed by atoms with Crippen molar-refractivity contribution in [3.63, 3.8) is 0 Å². The Kier molecular flexibility index (Phi) is 3.37. The van der Waals surface area contributed by atoms with Crippen molar-refractivity contribution in [1.29, 1.82) is 0 Å². The number of carbonyl (C=O) groups is 1. The van der Waals surface area contributed by atoms with E-state index in [1.807, 2.05) is 18.2 Å². The molecule has 3 aliphatic carbocycles. The first-order chi connectivity index (χ1) is 11.0. The lowest BCUT2D eigenvalue weighted by Gasteiger charge is -2.57. The average molecular weight is 311 g/mol. The summed E-state index contributed by atoms with van der Waals surface area (Å²) >= 11 is 0. The Labute approximate surface area is 139 Å². The smallest absolute Gasteiger partial charge is 0.147 e. The molecule has 0 heterocycles. The van der Waals surface area contributed by atoms with Crippen molar-refractivity contribution in [2.24, 2.45) is 22.7 Å². The lowest BCUT2D eigenvalue weighted by Crippen LogP contribution is -2.54. The third kappa shape index (κ3) is 1.90. The van der Waals surface area contributed by atoms with Crippen LogP contribution in [0.25, 0.3) is 0 Å². The van der Waals surface area contributed by atoms with E-state index >= 15 is 0 Å². The van der Waals surface area contributed by atoms with Crippen LogP contribution in [0.1, 0.15) is 70.3 Å². The van der Waals surface area contributed by atoms with E-state index in [2.05, 4.69) is 19.9 Å². The van der Waals surface area contributed by atoms with Crippen LogP contribution in [-0.4, -0.2) is 5.78 Å². The number of ketones is 1. The van der Waals surface area contributed by atoms with Gasteiger partial charge < -0.3 is 5.73 Å². The van der Waals surface area contributed by atoms with Gasteiger partial charge in [-0.1, -0.05) is 44.9 Å². The average Bonchev–Trinajstić information content (AvgIpc) is 2.81. The SMILES string of the molecule is C[C@]12CCCC[C@@H]1CC[C@H]1CC(c3ccccc3N)C(=O)[C@@]12C. The predicted molar refractivity (Wildman–Crippen MR) is 94.1 cm³/mol. The number of nitrogens with two attached hydrogens (primary N) is 1. The van der Waals surface area contributed by atoms with Gasteiger partial charge in [-0.25, -0.2) is 0 Å². The van der Waals surface area contributed by atoms with E-state index in [0.29, 0.717) is 11.7 Å². The van der Waals surface area contributed by atoms with Crippen molar-refractivity contribution in [2.75, 3.05) is 5.73 Å². The number of hydrogen-bond acceptors (Lipinski definition) is 2. The number of fused-ring (bicyclic) bond motifs is 3. The molecule has 2 heteroatoms. The number of anilines is 1. The zero-order valence-corrected chi connectivity index (χ0v) is 14.5. The second kappa shape index (κ2) is 5.09. The highest BCUT2D eigenvalue weighted by atomic mass is 16.1. The molecule has 0 radical (unpaired) electrons. The van der Waals surface area contributed by atoms with Gasteiger partial charge in [0.2, 0.25) is 0 Å². The Morgan fingerprint density at radius 3 is 2.57 bits per heavy atom. The Morgan fingerprint density at radius 2 is 1.78 bits per heavy atom. The topological polar surface area (TPSA) is 43.1 Å². The molecule has 0 saturated heterocycles. The molecule has 3 saturated carbocycles. The van der Waals surface area contributed by atoms with Crippen molar-refractivity contribution in [2.45, 2.75) is 64.7 Å². The molecular weight excluding hydrogens is 282 g/mol. The minimum absolute atomic E-state index is 0.0173. The molecule has 0 bridgehead atoms. The summed E-state index contributed by atoms with van der Waals surface area (Å²) in [5.41, 5.74) is 8.12. The van der Waals surface area contributed by atoms with Crippen LogP contribution in [0.2, 0.25) is 0 Å². The number of carbonyl (C=O) groups excluding carboxylic acids is 1. The first-order valence-corrected chi connectivity index (χ1v) is 9.37. The molecule has 1 aromatic carbocycles. The third-order valence-corrected chi connectivity index (χ3v) is 7.99. The Morgan fingerprint density at radius 1 is 1.04 bits per heavy atom. The highest BCUT2D eigenvalue weighted by Gasteiger charge is 2.64. The molecule has 0 aromatic heterocycles. The van der Waals surface area contributed by atoms with Gasteiger partial charge >= 0.3 is 0 Å². The van der Waals surface area contributed by atoms with Crippen LogP contribution in [0.15, 0.2) is 24.3 Å². The number of hydrogen-bond donors (Lipinski definition) is 1. The lowest BCUT2D eigenvalue weighted by atomic mass is 9.46. The van der Waals surface area contributed by atoms with Gasteiger partial charge in [-0.2, -0.15) is 0 Å². The van der Waals surface area contributed by atoms with Gasteiger partial charge in [0.15, 0.2) is 0 Å². The van der Waals surface area contributed by atoms with E-state index in [1.165, 1.54) is 38.5 Å². The summed E-state index contributed by atoms with van der Waals surface area (Å²) in [6.45, 7) is 4.73. The van der Waals surface area contributed by atoms with E-state index < -0.39 is 0 Å². The van der Waals surface area contributed by atoms with Crippen LogP contribution in [0.5, 0.6) is 0 Å². The number of Topliss-reactive ketones (excluding diaryl/α,β-unsaturated/α-hetero) is 1. The first-order valence-electron chi connectivity index (χ1n) is 9.37. The van der Waals surface area contributed by atoms with Gasteiger partial charge in [0.1, 0.15) is 5.78 Å². The summed E-state index contributed by atoms with van der Waals surface area (Å²) in [6, 6.07) is 8.00. The van der Waals surface area contributed by atoms with Crippen molar-refractivity contribution in [3.05, 3.63) is 29.8 Å². The van der Waals surface area contributed by atoms with Crippen LogP contribution in [-0.2, 0) is 4.79 Å². The number of para-hydroxylation sites is 1. The van der Waals surface area contributed by atoms with E-state index in [0.717, 1.165) is 23.6 Å². The number of rotatable bonds is 1. The van der Waals surface area contributed by atoms with Crippen LogP contribution >= 0.6 is 0 Å². The zero-order chi connectivity index (χ0) is 16.2. The maximum absolute atomic E-state index is 13.6. The molecule has 3 fully saturated rings. The predicted octanol–water partition coefficient (Wildman–Crippen LogP) is 4.94. The van der Waals surface area contributed by atoms with E-state index in [-0.39, 0.29) is 16.7 Å². The van der Waals surface area contributed by atoms with E-state index in [1.54, 1.807) is 0 Å². The second-order valence-corrected chi connectivity index (χ2v) is 8.62. The van der Waals surface area contributed by atoms with Gasteiger partial charge in [0.25, 0.3) is 0 Å². The molecule has 2 N–H and O–H groups in total. The Bertz CT molecular complexity index is 638. The largest absolute Gasteiger partial charge is 0.398 e. The van der Waals surface area contributed by atoms with Crippen LogP contribution in [0.4, 0.5) is 5.69 Å². The molecule has 1 aromatic rings. The molecular formula is C21H29NO. The summed E-state index contributed by atoms with van der Waals surface area (Å²) < 4.78 is 0. The van der Waals surface area contributed by atoms with Crippen molar-refractivity contribution < 1.29 is 4.79 Å². The summed E-state index contributed by atoms with van der Waals surface area (Å²) in [7, 11) is 0. The second-order valence-electron chi connectivity index (χ2n) is 8.62. The lowest BCUT2D eigenvalue weighted by molar-refractivity contribution is -0.148. The van der Waals surface area contributed by atoms with Crippen LogP contribution in [0.3, 0.4) is 0 Å². The molecule has 0 amide bonds. The number of benzene rings is 1. The maximum Gasteiger partial charge on any atom is 0.147 e. The van der Waals surface area contributed by atoms with Gasteiger partial charge in [-0.15, -0.1) is 0 Å². The van der Waals surface area contributed by atoms with Crippen molar-refractivity contribution in [1.82, 2.24) is 0 Å². The molecule has 0 aliphatic heterocycles. The van der Waals surface area contributed by atoms with Gasteiger partial charge in [0, 0.05) is 17.0 Å². The Hall–Kier alpha value is -1.31. The van der Waals surface area contributed by atoms with Gasteiger partial charge in [0.05, 0.1) is 0 Å². The zero-order valence-electron chi connectivity index (χ0n) is 14.5. The van der Waals surface area contributed by atoms with Crippen molar-refractivity contribution in [3.8, 4) is 0 Å². The van der Waals surface area contributed by atoms with Crippen LogP contribution in [0, 0.1) is 22.7 Å². The number of nitrogen functional groups attached to an aromatic ring is 1. The fourth-order valence-electron chi connectivity index (χ4n) is 6.40. The fourth-order valence-corrected chi connectivity index (χ4v) is 6.40. The highest BCUT2D eigenvalue weighted by Crippen LogP contribution is 2.67. The molecule has 4 rings (SSSR count). The quantitative estimate of drug-likeness (QED) is 0.747. The monoisotopic (exact) mass is 311 g/mol. The summed E-state index contributed by atoms with van der Waals surface area (Å²) in [5, 5.41) is 0. The minimum atomic E-state index is -0.150. The molecule has 3 aliphatic rings. The van der Waals surface area contributed by atoms with E-state index in [4.69, 9.17) is 5.73 Å². The fraction of sp³-hybridized carbons (Fsp3) is 0.667. The van der Waals surface area contributed by atoms with Crippen molar-refractivity contribution >= 4 is 11.5 Å². The third-order valence-electron chi connectivity index (χ3n) is 7.99. The standard InChI is InChI=1S/C21H29NO/c1-20-12-6-5-7-14(20)10-11-15-13-17(19(23)21(15,20)2)16-8-3-4-9-18(16)22/h3-4,8-9,14-15,17H,5-7,10-13,22H2,1-2H3/t14-,15+,17?,20+,21-/m1/s1. The molecule has 2 nitrogen and oxygen atoms in total. The Balaban J connectivity index is 1.76. The molecule has 5 atom stereocenters. The van der Waals surface area contributed by atoms with Gasteiger partial charge in [-0.05, 0) is 61.0 Å². The summed E-state index contributed by atoms with van der Waals surface area (Å²) in [5.74, 6) is 1.78. The van der Waals surface area contributed by atoms with Crippen LogP contribution < -0.4 is 5.73 Å². The highest BCUT2D eigenvalue weighted by molar-refractivity contribution is 5.95. The first kappa shape index (κ1) is 15.2.